The smallest absolute Gasteiger partial charge is 0.322 e. The fourth-order valence-corrected chi connectivity index (χ4v) is 3.59. The molecule has 7 nitrogen and oxygen atoms in total. The standard InChI is InChI=1S/C19H22ClN5O2/c1-13-21-17-6-7-25(19(26)23-15-4-2-14(20)3-5-15)12-16(17)18(22-13)24-8-10-27-11-9-24/h2-5H,6-12H2,1H3,(H,23,26). The average Bonchev–Trinajstić information content (AvgIpc) is 2.69. The Balaban J connectivity index is 1.54. The van der Waals surface area contributed by atoms with Crippen molar-refractivity contribution < 1.29 is 9.53 Å². The Bertz CT molecular complexity index is 837. The monoisotopic (exact) mass is 387 g/mol. The number of urea groups is 1. The molecule has 27 heavy (non-hydrogen) atoms. The molecule has 0 radical (unpaired) electrons. The van der Waals surface area contributed by atoms with Gasteiger partial charge in [-0.15, -0.1) is 0 Å². The van der Waals surface area contributed by atoms with Crippen molar-refractivity contribution in [2.24, 2.45) is 0 Å². The number of hydrogen-bond donors (Lipinski definition) is 1. The molecule has 0 saturated carbocycles. The third-order valence-corrected chi connectivity index (χ3v) is 5.10. The minimum Gasteiger partial charge on any atom is -0.378 e. The van der Waals surface area contributed by atoms with Gasteiger partial charge in [-0.25, -0.2) is 14.8 Å². The SMILES string of the molecule is Cc1nc2c(c(N3CCOCC3)n1)CN(C(=O)Nc1ccc(Cl)cc1)CC2. The Kier molecular flexibility index (Phi) is 5.13. The van der Waals surface area contributed by atoms with Crippen molar-refractivity contribution in [3.63, 3.8) is 0 Å². The molecule has 3 heterocycles. The first-order valence-electron chi connectivity index (χ1n) is 9.11. The summed E-state index contributed by atoms with van der Waals surface area (Å²) in [6.07, 6.45) is 0.726. The summed E-state index contributed by atoms with van der Waals surface area (Å²) in [4.78, 5) is 26.1. The molecule has 0 bridgehead atoms. The van der Waals surface area contributed by atoms with Crippen molar-refractivity contribution in [1.29, 1.82) is 0 Å². The summed E-state index contributed by atoms with van der Waals surface area (Å²) in [6.45, 7) is 6.05. The quantitative estimate of drug-likeness (QED) is 0.858. The number of anilines is 2. The molecular weight excluding hydrogens is 366 g/mol. The normalized spacial score (nSPS) is 16.8. The topological polar surface area (TPSA) is 70.6 Å². The van der Waals surface area contributed by atoms with Gasteiger partial charge in [-0.05, 0) is 31.2 Å². The number of aromatic nitrogens is 2. The lowest BCUT2D eigenvalue weighted by Crippen LogP contribution is -2.42. The number of ether oxygens (including phenoxy) is 1. The number of rotatable bonds is 2. The third-order valence-electron chi connectivity index (χ3n) is 4.84. The summed E-state index contributed by atoms with van der Waals surface area (Å²) >= 11 is 5.91. The van der Waals surface area contributed by atoms with E-state index in [9.17, 15) is 4.79 Å². The molecular formula is C19H22ClN5O2. The van der Waals surface area contributed by atoms with Gasteiger partial charge in [-0.3, -0.25) is 0 Å². The number of nitrogens with one attached hydrogen (secondary N) is 1. The lowest BCUT2D eigenvalue weighted by Gasteiger charge is -2.34. The zero-order valence-corrected chi connectivity index (χ0v) is 16.0. The number of carbonyl (C=O) groups excluding carboxylic acids is 1. The van der Waals surface area contributed by atoms with Crippen molar-refractivity contribution in [2.45, 2.75) is 19.9 Å². The van der Waals surface area contributed by atoms with Crippen molar-refractivity contribution in [3.8, 4) is 0 Å². The summed E-state index contributed by atoms with van der Waals surface area (Å²) in [5.74, 6) is 1.71. The van der Waals surface area contributed by atoms with Gasteiger partial charge in [0, 0.05) is 42.3 Å². The number of nitrogens with zero attached hydrogens (tertiary/aromatic N) is 4. The first-order valence-corrected chi connectivity index (χ1v) is 9.48. The van der Waals surface area contributed by atoms with Crippen LogP contribution in [0, 0.1) is 6.92 Å². The van der Waals surface area contributed by atoms with Gasteiger partial charge in [0.25, 0.3) is 0 Å². The Morgan fingerprint density at radius 3 is 2.63 bits per heavy atom. The van der Waals surface area contributed by atoms with E-state index in [2.05, 4.69) is 20.2 Å². The molecule has 0 unspecified atom stereocenters. The van der Waals surface area contributed by atoms with E-state index in [1.54, 1.807) is 29.2 Å². The van der Waals surface area contributed by atoms with Crippen LogP contribution in [0.25, 0.3) is 0 Å². The minimum atomic E-state index is -0.128. The van der Waals surface area contributed by atoms with Crippen LogP contribution >= 0.6 is 11.6 Å². The van der Waals surface area contributed by atoms with Gasteiger partial charge in [-0.1, -0.05) is 11.6 Å². The lowest BCUT2D eigenvalue weighted by molar-refractivity contribution is 0.122. The first kappa shape index (κ1) is 18.0. The van der Waals surface area contributed by atoms with Gasteiger partial charge in [0.05, 0.1) is 25.5 Å². The number of morpholine rings is 1. The maximum atomic E-state index is 12.7. The molecule has 2 aliphatic heterocycles. The lowest BCUT2D eigenvalue weighted by atomic mass is 10.1. The summed E-state index contributed by atoms with van der Waals surface area (Å²) < 4.78 is 5.46. The Labute approximate surface area is 163 Å². The van der Waals surface area contributed by atoms with Gasteiger partial charge >= 0.3 is 6.03 Å². The van der Waals surface area contributed by atoms with Crippen LogP contribution in [-0.4, -0.2) is 53.7 Å². The second-order valence-corrected chi connectivity index (χ2v) is 7.16. The van der Waals surface area contributed by atoms with Crippen LogP contribution in [0.4, 0.5) is 16.3 Å². The van der Waals surface area contributed by atoms with E-state index in [1.807, 2.05) is 6.92 Å². The highest BCUT2D eigenvalue weighted by molar-refractivity contribution is 6.30. The van der Waals surface area contributed by atoms with E-state index in [4.69, 9.17) is 16.3 Å². The molecule has 1 aromatic carbocycles. The van der Waals surface area contributed by atoms with Crippen LogP contribution in [-0.2, 0) is 17.7 Å². The Morgan fingerprint density at radius 1 is 1.15 bits per heavy atom. The van der Waals surface area contributed by atoms with E-state index in [1.165, 1.54) is 0 Å². The number of halogens is 1. The number of carbonyl (C=O) groups is 1. The molecule has 142 valence electrons. The third kappa shape index (κ3) is 3.99. The Hall–Kier alpha value is -2.38. The maximum absolute atomic E-state index is 12.7. The molecule has 0 atom stereocenters. The van der Waals surface area contributed by atoms with Gasteiger partial charge in [0.1, 0.15) is 11.6 Å². The highest BCUT2D eigenvalue weighted by Gasteiger charge is 2.27. The molecule has 1 fully saturated rings. The first-order chi connectivity index (χ1) is 13.1. The molecule has 4 rings (SSSR count). The van der Waals surface area contributed by atoms with E-state index in [0.29, 0.717) is 31.3 Å². The van der Waals surface area contributed by atoms with Crippen LogP contribution in [0.5, 0.6) is 0 Å². The molecule has 8 heteroatoms. The summed E-state index contributed by atoms with van der Waals surface area (Å²) in [5, 5.41) is 3.58. The van der Waals surface area contributed by atoms with Gasteiger partial charge < -0.3 is 19.9 Å². The molecule has 2 aliphatic rings. The fraction of sp³-hybridized carbons (Fsp3) is 0.421. The minimum absolute atomic E-state index is 0.128. The number of hydrogen-bond acceptors (Lipinski definition) is 5. The van der Waals surface area contributed by atoms with Crippen LogP contribution < -0.4 is 10.2 Å². The predicted molar refractivity (Wildman–Crippen MR) is 104 cm³/mol. The zero-order chi connectivity index (χ0) is 18.8. The molecule has 0 spiro atoms. The van der Waals surface area contributed by atoms with E-state index < -0.39 is 0 Å². The van der Waals surface area contributed by atoms with Gasteiger partial charge in [0.2, 0.25) is 0 Å². The molecule has 1 saturated heterocycles. The molecule has 2 amide bonds. The highest BCUT2D eigenvalue weighted by atomic mass is 35.5. The van der Waals surface area contributed by atoms with E-state index >= 15 is 0 Å². The van der Waals surface area contributed by atoms with Crippen molar-refractivity contribution in [3.05, 3.63) is 46.4 Å². The number of fused-ring (bicyclic) bond motifs is 1. The van der Waals surface area contributed by atoms with Crippen LogP contribution in [0.1, 0.15) is 17.1 Å². The number of amides is 2. The molecule has 1 N–H and O–H groups in total. The van der Waals surface area contributed by atoms with Crippen LogP contribution in [0.2, 0.25) is 5.02 Å². The average molecular weight is 388 g/mol. The highest BCUT2D eigenvalue weighted by Crippen LogP contribution is 2.28. The predicted octanol–water partition coefficient (Wildman–Crippen LogP) is 2.87. The maximum Gasteiger partial charge on any atom is 0.322 e. The van der Waals surface area contributed by atoms with Crippen molar-refractivity contribution >= 4 is 29.1 Å². The van der Waals surface area contributed by atoms with Crippen molar-refractivity contribution in [1.82, 2.24) is 14.9 Å². The van der Waals surface area contributed by atoms with Crippen molar-refractivity contribution in [2.75, 3.05) is 43.1 Å². The molecule has 0 aliphatic carbocycles. The van der Waals surface area contributed by atoms with Crippen LogP contribution in [0.15, 0.2) is 24.3 Å². The van der Waals surface area contributed by atoms with E-state index in [0.717, 1.165) is 48.1 Å². The fourth-order valence-electron chi connectivity index (χ4n) is 3.46. The van der Waals surface area contributed by atoms with Gasteiger partial charge in [0.15, 0.2) is 0 Å². The zero-order valence-electron chi connectivity index (χ0n) is 15.2. The molecule has 2 aromatic rings. The second-order valence-electron chi connectivity index (χ2n) is 6.73. The summed E-state index contributed by atoms with van der Waals surface area (Å²) in [5.41, 5.74) is 2.81. The largest absolute Gasteiger partial charge is 0.378 e. The van der Waals surface area contributed by atoms with E-state index in [-0.39, 0.29) is 6.03 Å². The summed E-state index contributed by atoms with van der Waals surface area (Å²) in [6, 6.07) is 6.98. The van der Waals surface area contributed by atoms with Gasteiger partial charge in [-0.2, -0.15) is 0 Å². The Morgan fingerprint density at radius 2 is 1.89 bits per heavy atom. The second kappa shape index (κ2) is 7.70. The molecule has 1 aromatic heterocycles. The number of benzene rings is 1. The van der Waals surface area contributed by atoms with Crippen LogP contribution in [0.3, 0.4) is 0 Å². The summed E-state index contributed by atoms with van der Waals surface area (Å²) in [7, 11) is 0. The number of aryl methyl sites for hydroxylation is 1.